The summed E-state index contributed by atoms with van der Waals surface area (Å²) in [6.45, 7) is 3.14. The third-order valence-corrected chi connectivity index (χ3v) is 4.40. The van der Waals surface area contributed by atoms with E-state index >= 15 is 0 Å². The fourth-order valence-electron chi connectivity index (χ4n) is 2.75. The Hall–Kier alpha value is -2.17. The van der Waals surface area contributed by atoms with Crippen LogP contribution in [-0.2, 0) is 15.9 Å². The van der Waals surface area contributed by atoms with Crippen molar-refractivity contribution in [3.63, 3.8) is 0 Å². The quantitative estimate of drug-likeness (QED) is 0.326. The highest BCUT2D eigenvalue weighted by molar-refractivity contribution is 5.90. The molecule has 1 aromatic carbocycles. The Morgan fingerprint density at radius 2 is 1.86 bits per heavy atom. The lowest BCUT2D eigenvalue weighted by Crippen LogP contribution is -2.60. The average Bonchev–Trinajstić information content (AvgIpc) is 2.67. The molecule has 5 unspecified atom stereocenters. The smallest absolute Gasteiger partial charge is 0.337 e. The number of carbonyl (C=O) groups is 1. The second-order valence-corrected chi connectivity index (χ2v) is 6.77. The summed E-state index contributed by atoms with van der Waals surface area (Å²) >= 11 is 0. The van der Waals surface area contributed by atoms with Gasteiger partial charge in [0, 0.05) is 5.56 Å². The number of aliphatic hydroxyl groups excluding tert-OH is 4. The van der Waals surface area contributed by atoms with E-state index in [1.165, 1.54) is 19.2 Å². The number of benzene rings is 1. The third-order valence-electron chi connectivity index (χ3n) is 4.40. The molecule has 9 nitrogen and oxygen atoms in total. The molecule has 9 heteroatoms. The van der Waals surface area contributed by atoms with Crippen molar-refractivity contribution in [1.82, 2.24) is 0 Å². The standard InChI is InChI=1S/C19H26O9/c1-9(2)4-5-10-6-11(18(25)26-3)7-12(14(10)21)27-19-17(24)16(23)15(22)13(8-20)28-19/h4,6-7,13,15-17,19-24H,5,8H2,1-3H3. The number of hydrogen-bond acceptors (Lipinski definition) is 9. The Balaban J connectivity index is 2.38. The molecule has 1 aliphatic heterocycles. The molecule has 0 amide bonds. The topological polar surface area (TPSA) is 146 Å². The molecule has 0 spiro atoms. The zero-order valence-electron chi connectivity index (χ0n) is 15.9. The van der Waals surface area contributed by atoms with E-state index in [1.807, 2.05) is 19.9 Å². The number of hydrogen-bond donors (Lipinski definition) is 5. The highest BCUT2D eigenvalue weighted by Gasteiger charge is 2.45. The number of phenolic OH excluding ortho intramolecular Hbond substituents is 1. The molecule has 5 atom stereocenters. The predicted octanol–water partition coefficient (Wildman–Crippen LogP) is -0.134. The first-order valence-corrected chi connectivity index (χ1v) is 8.74. The van der Waals surface area contributed by atoms with Crippen LogP contribution in [0.2, 0.25) is 0 Å². The van der Waals surface area contributed by atoms with Gasteiger partial charge in [0.05, 0.1) is 19.3 Å². The Bertz CT molecular complexity index is 724. The number of esters is 1. The zero-order chi connectivity index (χ0) is 21.0. The number of rotatable bonds is 6. The molecule has 28 heavy (non-hydrogen) atoms. The second-order valence-electron chi connectivity index (χ2n) is 6.77. The Labute approximate surface area is 162 Å². The van der Waals surface area contributed by atoms with Crippen molar-refractivity contribution < 1.29 is 44.5 Å². The molecule has 0 aliphatic carbocycles. The van der Waals surface area contributed by atoms with Crippen LogP contribution in [0.3, 0.4) is 0 Å². The first-order valence-electron chi connectivity index (χ1n) is 8.74. The van der Waals surface area contributed by atoms with E-state index < -0.39 is 43.3 Å². The van der Waals surface area contributed by atoms with Gasteiger partial charge in [-0.1, -0.05) is 11.6 Å². The van der Waals surface area contributed by atoms with Crippen LogP contribution in [0.4, 0.5) is 0 Å². The molecule has 2 rings (SSSR count). The van der Waals surface area contributed by atoms with Crippen LogP contribution in [-0.4, -0.2) is 75.9 Å². The van der Waals surface area contributed by atoms with Gasteiger partial charge in [-0.25, -0.2) is 4.79 Å². The van der Waals surface area contributed by atoms with E-state index in [2.05, 4.69) is 0 Å². The fraction of sp³-hybridized carbons (Fsp3) is 0.526. The van der Waals surface area contributed by atoms with Crippen molar-refractivity contribution in [2.45, 2.75) is 51.0 Å². The summed E-state index contributed by atoms with van der Waals surface area (Å²) in [6, 6.07) is 2.68. The number of phenols is 1. The molecule has 0 saturated carbocycles. The van der Waals surface area contributed by atoms with Gasteiger partial charge >= 0.3 is 5.97 Å². The van der Waals surface area contributed by atoms with Gasteiger partial charge in [0.2, 0.25) is 6.29 Å². The number of carbonyl (C=O) groups excluding carboxylic acids is 1. The van der Waals surface area contributed by atoms with E-state index in [0.717, 1.165) is 5.57 Å². The van der Waals surface area contributed by atoms with Crippen LogP contribution < -0.4 is 4.74 Å². The van der Waals surface area contributed by atoms with Crippen molar-refractivity contribution >= 4 is 5.97 Å². The minimum atomic E-state index is -1.65. The molecular weight excluding hydrogens is 372 g/mol. The molecule has 1 aromatic rings. The van der Waals surface area contributed by atoms with Crippen LogP contribution in [0.5, 0.6) is 11.5 Å². The Morgan fingerprint density at radius 1 is 1.18 bits per heavy atom. The van der Waals surface area contributed by atoms with Crippen LogP contribution in [0.1, 0.15) is 29.8 Å². The van der Waals surface area contributed by atoms with Gasteiger partial charge in [-0.15, -0.1) is 0 Å². The van der Waals surface area contributed by atoms with Crippen LogP contribution in [0.15, 0.2) is 23.8 Å². The van der Waals surface area contributed by atoms with Gasteiger partial charge in [0.1, 0.15) is 24.4 Å². The number of methoxy groups -OCH3 is 1. The lowest BCUT2D eigenvalue weighted by Gasteiger charge is -2.39. The summed E-state index contributed by atoms with van der Waals surface area (Å²) in [6.07, 6.45) is -5.34. The van der Waals surface area contributed by atoms with E-state index in [4.69, 9.17) is 14.2 Å². The maximum Gasteiger partial charge on any atom is 0.337 e. The monoisotopic (exact) mass is 398 g/mol. The highest BCUT2D eigenvalue weighted by atomic mass is 16.7. The third kappa shape index (κ3) is 4.81. The first kappa shape index (κ1) is 22.1. The van der Waals surface area contributed by atoms with Gasteiger partial charge in [0.15, 0.2) is 11.5 Å². The molecule has 0 radical (unpaired) electrons. The fourth-order valence-corrected chi connectivity index (χ4v) is 2.75. The maximum atomic E-state index is 12.0. The van der Waals surface area contributed by atoms with E-state index in [9.17, 15) is 30.3 Å². The highest BCUT2D eigenvalue weighted by Crippen LogP contribution is 2.35. The number of aromatic hydroxyl groups is 1. The molecule has 1 fully saturated rings. The number of allylic oxidation sites excluding steroid dienone is 2. The summed E-state index contributed by atoms with van der Waals surface area (Å²) in [4.78, 5) is 12.0. The predicted molar refractivity (Wildman–Crippen MR) is 97.0 cm³/mol. The zero-order valence-corrected chi connectivity index (χ0v) is 15.9. The van der Waals surface area contributed by atoms with Crippen molar-refractivity contribution in [3.05, 3.63) is 34.9 Å². The molecule has 1 heterocycles. The van der Waals surface area contributed by atoms with Gasteiger partial charge in [-0.2, -0.15) is 0 Å². The molecule has 1 aliphatic rings. The minimum absolute atomic E-state index is 0.108. The van der Waals surface area contributed by atoms with Crippen LogP contribution >= 0.6 is 0 Å². The SMILES string of the molecule is COC(=O)c1cc(CC=C(C)C)c(O)c(OC2OC(CO)C(O)C(O)C2O)c1. The van der Waals surface area contributed by atoms with Gasteiger partial charge in [-0.3, -0.25) is 0 Å². The number of aliphatic hydroxyl groups is 4. The largest absolute Gasteiger partial charge is 0.504 e. The van der Waals surface area contributed by atoms with Gasteiger partial charge in [-0.05, 0) is 32.4 Å². The summed E-state index contributed by atoms with van der Waals surface area (Å²) in [7, 11) is 1.21. The summed E-state index contributed by atoms with van der Waals surface area (Å²) in [5.74, 6) is -1.11. The minimum Gasteiger partial charge on any atom is -0.504 e. The van der Waals surface area contributed by atoms with Crippen molar-refractivity contribution in [2.75, 3.05) is 13.7 Å². The van der Waals surface area contributed by atoms with Crippen molar-refractivity contribution in [2.24, 2.45) is 0 Å². The average molecular weight is 398 g/mol. The Morgan fingerprint density at radius 3 is 2.43 bits per heavy atom. The number of ether oxygens (including phenoxy) is 3. The molecule has 5 N–H and O–H groups in total. The van der Waals surface area contributed by atoms with Gasteiger partial charge in [0.25, 0.3) is 0 Å². The normalized spacial score (nSPS) is 27.2. The molecular formula is C19H26O9. The lowest BCUT2D eigenvalue weighted by atomic mass is 9.99. The summed E-state index contributed by atoms with van der Waals surface area (Å²) in [5.41, 5.74) is 1.49. The maximum absolute atomic E-state index is 12.0. The van der Waals surface area contributed by atoms with Gasteiger partial charge < -0.3 is 39.7 Å². The molecule has 0 bridgehead atoms. The van der Waals surface area contributed by atoms with Crippen LogP contribution in [0.25, 0.3) is 0 Å². The Kier molecular flexibility index (Phi) is 7.39. The summed E-state index contributed by atoms with van der Waals surface area (Å²) < 4.78 is 15.5. The van der Waals surface area contributed by atoms with E-state index in [1.54, 1.807) is 0 Å². The van der Waals surface area contributed by atoms with Crippen molar-refractivity contribution in [3.8, 4) is 11.5 Å². The molecule has 1 saturated heterocycles. The van der Waals surface area contributed by atoms with E-state index in [-0.39, 0.29) is 17.1 Å². The first-order chi connectivity index (χ1) is 13.2. The van der Waals surface area contributed by atoms with E-state index in [0.29, 0.717) is 12.0 Å². The summed E-state index contributed by atoms with van der Waals surface area (Å²) in [5, 5.41) is 49.6. The molecule has 0 aromatic heterocycles. The van der Waals surface area contributed by atoms with Crippen molar-refractivity contribution in [1.29, 1.82) is 0 Å². The lowest BCUT2D eigenvalue weighted by molar-refractivity contribution is -0.277. The second kappa shape index (κ2) is 9.35. The molecule has 156 valence electrons. The van der Waals surface area contributed by atoms with Crippen LogP contribution in [0, 0.1) is 0 Å².